The van der Waals surface area contributed by atoms with Gasteiger partial charge in [-0.1, -0.05) is 5.16 Å². The van der Waals surface area contributed by atoms with Crippen molar-refractivity contribution >= 4 is 28.5 Å². The van der Waals surface area contributed by atoms with Gasteiger partial charge in [0.1, 0.15) is 16.9 Å². The molecule has 0 bridgehead atoms. The highest BCUT2D eigenvalue weighted by molar-refractivity contribution is 6.01. The smallest absolute Gasteiger partial charge is 0.341 e. The molecular formula is C21H22FN5O5. The number of pyridine rings is 2. The third-order valence-corrected chi connectivity index (χ3v) is 5.58. The lowest BCUT2D eigenvalue weighted by Gasteiger charge is -2.35. The minimum Gasteiger partial charge on any atom is -0.477 e. The molecule has 1 aliphatic rings. The van der Waals surface area contributed by atoms with Crippen LogP contribution in [0.1, 0.15) is 22.8 Å². The van der Waals surface area contributed by atoms with E-state index in [0.717, 1.165) is 6.07 Å². The molecule has 0 radical (unpaired) electrons. The zero-order chi connectivity index (χ0) is 22.8. The number of halogens is 1. The fourth-order valence-electron chi connectivity index (χ4n) is 3.83. The standard InChI is InChI=1S/C21H22FN5O5/c1-2-26-10-15(21(29)30)18(28)14-9-16(22)20(23-19(14)26)27-6-4-25(5-7-27)11-17(24-31)13-3-8-32-12-13/h3,8-10,12,31H,2,4-7,11H2,1H3,(H,29,30)/b24-17-. The summed E-state index contributed by atoms with van der Waals surface area (Å²) in [5, 5.41) is 21.9. The second-order valence-corrected chi connectivity index (χ2v) is 7.45. The number of furan rings is 1. The van der Waals surface area contributed by atoms with Crippen LogP contribution in [0.25, 0.3) is 11.0 Å². The van der Waals surface area contributed by atoms with Gasteiger partial charge in [0.25, 0.3) is 0 Å². The molecule has 168 valence electrons. The highest BCUT2D eigenvalue weighted by Gasteiger charge is 2.24. The predicted molar refractivity (Wildman–Crippen MR) is 114 cm³/mol. The van der Waals surface area contributed by atoms with Gasteiger partial charge in [-0.05, 0) is 19.1 Å². The lowest BCUT2D eigenvalue weighted by molar-refractivity contribution is 0.0695. The number of oxime groups is 1. The molecule has 0 saturated carbocycles. The van der Waals surface area contributed by atoms with Gasteiger partial charge in [0.15, 0.2) is 11.6 Å². The topological polar surface area (TPSA) is 124 Å². The molecule has 0 aliphatic carbocycles. The first kappa shape index (κ1) is 21.5. The maximum Gasteiger partial charge on any atom is 0.341 e. The predicted octanol–water partition coefficient (Wildman–Crippen LogP) is 1.85. The van der Waals surface area contributed by atoms with Crippen LogP contribution in [0.3, 0.4) is 0 Å². The normalized spacial score (nSPS) is 15.4. The summed E-state index contributed by atoms with van der Waals surface area (Å²) in [6, 6.07) is 2.78. The molecular weight excluding hydrogens is 421 g/mol. The second-order valence-electron chi connectivity index (χ2n) is 7.45. The van der Waals surface area contributed by atoms with Gasteiger partial charge in [-0.3, -0.25) is 9.69 Å². The Balaban J connectivity index is 1.57. The summed E-state index contributed by atoms with van der Waals surface area (Å²) in [5.74, 6) is -1.92. The minimum atomic E-state index is -1.36. The molecule has 0 atom stereocenters. The van der Waals surface area contributed by atoms with Gasteiger partial charge < -0.3 is 24.2 Å². The van der Waals surface area contributed by atoms with Crippen LogP contribution in [0.2, 0.25) is 0 Å². The van der Waals surface area contributed by atoms with Crippen molar-refractivity contribution in [2.24, 2.45) is 5.16 Å². The maximum absolute atomic E-state index is 14.9. The molecule has 32 heavy (non-hydrogen) atoms. The van der Waals surface area contributed by atoms with Crippen LogP contribution in [0, 0.1) is 5.82 Å². The Morgan fingerprint density at radius 3 is 2.66 bits per heavy atom. The van der Waals surface area contributed by atoms with Gasteiger partial charge in [0.2, 0.25) is 5.43 Å². The number of carboxylic acids is 1. The number of hydrogen-bond acceptors (Lipinski definition) is 8. The van der Waals surface area contributed by atoms with Crippen molar-refractivity contribution in [2.45, 2.75) is 13.5 Å². The van der Waals surface area contributed by atoms with E-state index in [2.05, 4.69) is 15.0 Å². The van der Waals surface area contributed by atoms with E-state index in [-0.39, 0.29) is 16.9 Å². The number of rotatable bonds is 6. The lowest BCUT2D eigenvalue weighted by Crippen LogP contribution is -2.48. The molecule has 1 fully saturated rings. The summed E-state index contributed by atoms with van der Waals surface area (Å²) in [6.07, 6.45) is 4.25. The number of carbonyl (C=O) groups is 1. The summed E-state index contributed by atoms with van der Waals surface area (Å²) in [7, 11) is 0. The molecule has 11 heteroatoms. The highest BCUT2D eigenvalue weighted by Crippen LogP contribution is 2.23. The van der Waals surface area contributed by atoms with Crippen molar-refractivity contribution in [3.8, 4) is 0 Å². The monoisotopic (exact) mass is 443 g/mol. The molecule has 4 rings (SSSR count). The van der Waals surface area contributed by atoms with E-state index < -0.39 is 22.8 Å². The van der Waals surface area contributed by atoms with Crippen LogP contribution in [-0.4, -0.2) is 69.2 Å². The van der Waals surface area contributed by atoms with Crippen LogP contribution in [0.4, 0.5) is 10.2 Å². The number of nitrogens with zero attached hydrogens (tertiary/aromatic N) is 5. The van der Waals surface area contributed by atoms with Crippen molar-refractivity contribution in [1.82, 2.24) is 14.5 Å². The van der Waals surface area contributed by atoms with E-state index in [9.17, 15) is 24.3 Å². The van der Waals surface area contributed by atoms with Crippen LogP contribution >= 0.6 is 0 Å². The zero-order valence-corrected chi connectivity index (χ0v) is 17.4. The van der Waals surface area contributed by atoms with Gasteiger partial charge in [-0.15, -0.1) is 0 Å². The third kappa shape index (κ3) is 3.94. The Morgan fingerprint density at radius 1 is 1.31 bits per heavy atom. The molecule has 1 aliphatic heterocycles. The summed E-state index contributed by atoms with van der Waals surface area (Å²) in [6.45, 7) is 4.68. The molecule has 10 nitrogen and oxygen atoms in total. The first-order chi connectivity index (χ1) is 15.4. The number of anilines is 1. The Kier molecular flexibility index (Phi) is 5.91. The summed E-state index contributed by atoms with van der Waals surface area (Å²) in [4.78, 5) is 32.1. The summed E-state index contributed by atoms with van der Waals surface area (Å²) >= 11 is 0. The van der Waals surface area contributed by atoms with Gasteiger partial charge in [0.05, 0.1) is 17.9 Å². The second kappa shape index (κ2) is 8.79. The van der Waals surface area contributed by atoms with Crippen LogP contribution < -0.4 is 10.3 Å². The average Bonchev–Trinajstić information content (AvgIpc) is 3.33. The SMILES string of the molecule is CCn1cc(C(=O)O)c(=O)c2cc(F)c(N3CCN(C/C(=N/O)c4ccoc4)CC3)nc21. The number of aromatic nitrogens is 2. The summed E-state index contributed by atoms with van der Waals surface area (Å²) in [5.41, 5.74) is 0.241. The molecule has 0 spiro atoms. The number of piperazine rings is 1. The van der Waals surface area contributed by atoms with Crippen molar-refractivity contribution in [3.05, 3.63) is 58.0 Å². The van der Waals surface area contributed by atoms with Gasteiger partial charge in [-0.2, -0.15) is 0 Å². The average molecular weight is 443 g/mol. The Morgan fingerprint density at radius 2 is 2.06 bits per heavy atom. The number of carboxylic acid groups (broad SMARTS) is 1. The molecule has 1 saturated heterocycles. The molecule has 3 aromatic rings. The first-order valence-electron chi connectivity index (χ1n) is 10.1. The van der Waals surface area contributed by atoms with Crippen molar-refractivity contribution in [2.75, 3.05) is 37.6 Å². The lowest BCUT2D eigenvalue weighted by atomic mass is 10.1. The van der Waals surface area contributed by atoms with Gasteiger partial charge in [0, 0.05) is 51.0 Å². The largest absolute Gasteiger partial charge is 0.477 e. The molecule has 0 unspecified atom stereocenters. The van der Waals surface area contributed by atoms with Crippen molar-refractivity contribution < 1.29 is 23.9 Å². The van der Waals surface area contributed by atoms with Crippen LogP contribution in [0.5, 0.6) is 0 Å². The van der Waals surface area contributed by atoms with Gasteiger partial charge in [-0.25, -0.2) is 14.2 Å². The van der Waals surface area contributed by atoms with E-state index in [1.807, 2.05) is 0 Å². The number of hydrogen-bond donors (Lipinski definition) is 2. The van der Waals surface area contributed by atoms with Crippen molar-refractivity contribution in [3.63, 3.8) is 0 Å². The van der Waals surface area contributed by atoms with E-state index in [4.69, 9.17) is 4.42 Å². The van der Waals surface area contributed by atoms with E-state index >= 15 is 0 Å². The number of fused-ring (bicyclic) bond motifs is 1. The fraction of sp³-hybridized carbons (Fsp3) is 0.333. The molecule has 0 aromatic carbocycles. The van der Waals surface area contributed by atoms with Crippen LogP contribution in [0.15, 0.2) is 45.2 Å². The third-order valence-electron chi connectivity index (χ3n) is 5.58. The summed E-state index contributed by atoms with van der Waals surface area (Å²) < 4.78 is 21.5. The molecule has 3 aromatic heterocycles. The Hall–Kier alpha value is -3.73. The first-order valence-corrected chi connectivity index (χ1v) is 10.1. The molecule has 2 N–H and O–H groups in total. The quantitative estimate of drug-likeness (QED) is 0.336. The number of aromatic carboxylic acids is 1. The zero-order valence-electron chi connectivity index (χ0n) is 17.4. The van der Waals surface area contributed by atoms with E-state index in [1.54, 1.807) is 17.9 Å². The Bertz CT molecular complexity index is 1230. The Labute approximate surface area is 181 Å². The molecule has 4 heterocycles. The highest BCUT2D eigenvalue weighted by atomic mass is 19.1. The number of aryl methyl sites for hydroxylation is 1. The fourth-order valence-corrected chi connectivity index (χ4v) is 3.83. The minimum absolute atomic E-state index is 0.0597. The van der Waals surface area contributed by atoms with E-state index in [1.165, 1.54) is 23.3 Å². The van der Waals surface area contributed by atoms with Crippen LogP contribution in [-0.2, 0) is 6.54 Å². The van der Waals surface area contributed by atoms with Crippen molar-refractivity contribution in [1.29, 1.82) is 0 Å². The van der Waals surface area contributed by atoms with Gasteiger partial charge >= 0.3 is 5.97 Å². The van der Waals surface area contributed by atoms with E-state index in [0.29, 0.717) is 50.5 Å². The molecule has 0 amide bonds. The maximum atomic E-state index is 14.9.